The molecule has 1 heterocycles. The molecule has 0 aliphatic heterocycles. The molecule has 0 unspecified atom stereocenters. The summed E-state index contributed by atoms with van der Waals surface area (Å²) in [5, 5.41) is 11.8. The summed E-state index contributed by atoms with van der Waals surface area (Å²) in [5.74, 6) is 2.84. The van der Waals surface area contributed by atoms with Crippen molar-refractivity contribution >= 4 is 11.8 Å². The van der Waals surface area contributed by atoms with Crippen molar-refractivity contribution in [1.29, 1.82) is 0 Å². The maximum Gasteiger partial charge on any atom is 0.161 e. The number of tetrazole rings is 1. The fourth-order valence-corrected chi connectivity index (χ4v) is 2.94. The number of hydrogen-bond donors (Lipinski definition) is 0. The van der Waals surface area contributed by atoms with Crippen molar-refractivity contribution in [1.82, 2.24) is 20.2 Å². The quantitative estimate of drug-likeness (QED) is 0.813. The minimum atomic E-state index is 0.861. The summed E-state index contributed by atoms with van der Waals surface area (Å²) < 4.78 is 1.90. The minimum Gasteiger partial charge on any atom is -0.229 e. The van der Waals surface area contributed by atoms with Gasteiger partial charge in [-0.05, 0) is 41.8 Å². The van der Waals surface area contributed by atoms with E-state index >= 15 is 0 Å². The van der Waals surface area contributed by atoms with E-state index in [4.69, 9.17) is 0 Å². The van der Waals surface area contributed by atoms with E-state index < -0.39 is 0 Å². The number of aryl methyl sites for hydroxylation is 3. The minimum absolute atomic E-state index is 0.861. The third kappa shape index (κ3) is 3.80. The molecule has 5 heteroatoms. The Kier molecular flexibility index (Phi) is 4.96. The topological polar surface area (TPSA) is 43.6 Å². The van der Waals surface area contributed by atoms with Crippen molar-refractivity contribution < 1.29 is 0 Å². The number of thioether (sulfide) groups is 1. The summed E-state index contributed by atoms with van der Waals surface area (Å²) in [7, 11) is 0. The molecular weight excluding hydrogens is 256 g/mol. The second-order valence-electron chi connectivity index (χ2n) is 4.74. The monoisotopic (exact) mass is 276 g/mol. The van der Waals surface area contributed by atoms with Crippen LogP contribution in [0.3, 0.4) is 0 Å². The maximum absolute atomic E-state index is 4.09. The van der Waals surface area contributed by atoms with Crippen molar-refractivity contribution in [3.05, 3.63) is 40.7 Å². The molecule has 1 aromatic heterocycles. The van der Waals surface area contributed by atoms with Gasteiger partial charge in [0, 0.05) is 12.3 Å². The lowest BCUT2D eigenvalue weighted by Crippen LogP contribution is -2.04. The Morgan fingerprint density at radius 3 is 2.84 bits per heavy atom. The van der Waals surface area contributed by atoms with Gasteiger partial charge < -0.3 is 0 Å². The molecule has 2 aromatic rings. The summed E-state index contributed by atoms with van der Waals surface area (Å²) in [6.45, 7) is 7.33. The molecule has 0 fully saturated rings. The second kappa shape index (κ2) is 6.70. The zero-order valence-electron chi connectivity index (χ0n) is 11.8. The van der Waals surface area contributed by atoms with Gasteiger partial charge in [0.15, 0.2) is 5.82 Å². The Labute approximate surface area is 118 Å². The third-order valence-electron chi connectivity index (χ3n) is 3.03. The van der Waals surface area contributed by atoms with Gasteiger partial charge in [-0.2, -0.15) is 0 Å². The highest BCUT2D eigenvalue weighted by atomic mass is 32.2. The summed E-state index contributed by atoms with van der Waals surface area (Å²) >= 11 is 1.86. The van der Waals surface area contributed by atoms with Gasteiger partial charge in [-0.1, -0.05) is 30.7 Å². The van der Waals surface area contributed by atoms with Crippen molar-refractivity contribution in [3.8, 4) is 0 Å². The van der Waals surface area contributed by atoms with Crippen LogP contribution in [-0.2, 0) is 18.1 Å². The van der Waals surface area contributed by atoms with Crippen molar-refractivity contribution in [2.24, 2.45) is 0 Å². The van der Waals surface area contributed by atoms with Gasteiger partial charge in [0.05, 0.1) is 5.75 Å². The lowest BCUT2D eigenvalue weighted by atomic mass is 10.1. The van der Waals surface area contributed by atoms with E-state index in [2.05, 4.69) is 54.5 Å². The van der Waals surface area contributed by atoms with E-state index in [9.17, 15) is 0 Å². The van der Waals surface area contributed by atoms with Gasteiger partial charge >= 0.3 is 0 Å². The molecule has 102 valence electrons. The van der Waals surface area contributed by atoms with Crippen LogP contribution in [0.2, 0.25) is 0 Å². The van der Waals surface area contributed by atoms with Gasteiger partial charge in [-0.25, -0.2) is 4.68 Å². The lowest BCUT2D eigenvalue weighted by Gasteiger charge is -2.07. The number of benzene rings is 1. The van der Waals surface area contributed by atoms with Gasteiger partial charge in [-0.15, -0.1) is 16.9 Å². The average molecular weight is 276 g/mol. The molecule has 0 spiro atoms. The summed E-state index contributed by atoms with van der Waals surface area (Å²) in [4.78, 5) is 0. The zero-order chi connectivity index (χ0) is 13.7. The van der Waals surface area contributed by atoms with Gasteiger partial charge in [0.2, 0.25) is 0 Å². The van der Waals surface area contributed by atoms with E-state index in [1.165, 1.54) is 16.7 Å². The Hall–Kier alpha value is -1.36. The molecule has 0 saturated heterocycles. The van der Waals surface area contributed by atoms with Crippen molar-refractivity contribution in [3.63, 3.8) is 0 Å². The van der Waals surface area contributed by atoms with Crippen molar-refractivity contribution in [2.45, 2.75) is 45.2 Å². The van der Waals surface area contributed by atoms with Gasteiger partial charge in [0.1, 0.15) is 0 Å². The van der Waals surface area contributed by atoms with Crippen LogP contribution in [0.4, 0.5) is 0 Å². The fraction of sp³-hybridized carbons (Fsp3) is 0.500. The first-order valence-electron chi connectivity index (χ1n) is 6.59. The van der Waals surface area contributed by atoms with Crippen LogP contribution in [0, 0.1) is 13.8 Å². The molecule has 0 amide bonds. The van der Waals surface area contributed by atoms with Crippen LogP contribution >= 0.6 is 11.8 Å². The Bertz CT molecular complexity index is 536. The van der Waals surface area contributed by atoms with Gasteiger partial charge in [0.25, 0.3) is 0 Å². The predicted octanol–water partition coefficient (Wildman–Crippen LogP) is 3.13. The maximum atomic E-state index is 4.09. The normalized spacial score (nSPS) is 10.9. The standard InChI is InChI=1S/C14H20N4S/c1-4-7-18-14(15-16-17-18)10-19-9-13-8-11(2)5-6-12(13)3/h5-6,8H,4,7,9-10H2,1-3H3. The Morgan fingerprint density at radius 1 is 1.21 bits per heavy atom. The van der Waals surface area contributed by atoms with Crippen LogP contribution in [0.25, 0.3) is 0 Å². The summed E-state index contributed by atoms with van der Waals surface area (Å²) in [5.41, 5.74) is 4.07. The molecule has 0 N–H and O–H groups in total. The molecule has 0 radical (unpaired) electrons. The highest BCUT2D eigenvalue weighted by Crippen LogP contribution is 2.20. The third-order valence-corrected chi connectivity index (χ3v) is 4.01. The van der Waals surface area contributed by atoms with E-state index in [1.54, 1.807) is 0 Å². The number of nitrogens with zero attached hydrogens (tertiary/aromatic N) is 4. The average Bonchev–Trinajstić information content (AvgIpc) is 2.82. The number of aromatic nitrogens is 4. The molecule has 0 aliphatic carbocycles. The van der Waals surface area contributed by atoms with E-state index in [0.717, 1.165) is 30.3 Å². The SMILES string of the molecule is CCCn1nnnc1CSCc1cc(C)ccc1C. The lowest BCUT2D eigenvalue weighted by molar-refractivity contribution is 0.564. The van der Waals surface area contributed by atoms with Crippen LogP contribution in [0.5, 0.6) is 0 Å². The molecular formula is C14H20N4S. The molecule has 1 aromatic carbocycles. The smallest absolute Gasteiger partial charge is 0.161 e. The van der Waals surface area contributed by atoms with Crippen LogP contribution in [0.15, 0.2) is 18.2 Å². The molecule has 0 atom stereocenters. The fourth-order valence-electron chi connectivity index (χ4n) is 1.92. The largest absolute Gasteiger partial charge is 0.229 e. The van der Waals surface area contributed by atoms with Crippen LogP contribution in [0.1, 0.15) is 35.9 Å². The molecule has 2 rings (SSSR count). The van der Waals surface area contributed by atoms with E-state index in [1.807, 2.05) is 16.4 Å². The summed E-state index contributed by atoms with van der Waals surface area (Å²) in [6.07, 6.45) is 1.06. The highest BCUT2D eigenvalue weighted by molar-refractivity contribution is 7.97. The second-order valence-corrected chi connectivity index (χ2v) is 5.73. The Balaban J connectivity index is 1.92. The molecule has 0 aliphatic rings. The molecule has 0 bridgehead atoms. The van der Waals surface area contributed by atoms with Crippen molar-refractivity contribution in [2.75, 3.05) is 0 Å². The first kappa shape index (κ1) is 14.1. The number of rotatable bonds is 6. The molecule has 0 saturated carbocycles. The highest BCUT2D eigenvalue weighted by Gasteiger charge is 2.06. The first-order valence-corrected chi connectivity index (χ1v) is 7.75. The molecule has 19 heavy (non-hydrogen) atoms. The van der Waals surface area contributed by atoms with Crippen LogP contribution in [-0.4, -0.2) is 20.2 Å². The number of hydrogen-bond acceptors (Lipinski definition) is 4. The van der Waals surface area contributed by atoms with E-state index in [-0.39, 0.29) is 0 Å². The predicted molar refractivity (Wildman–Crippen MR) is 79.0 cm³/mol. The first-order chi connectivity index (χ1) is 9.20. The molecule has 4 nitrogen and oxygen atoms in total. The summed E-state index contributed by atoms with van der Waals surface area (Å²) in [6, 6.07) is 6.61. The van der Waals surface area contributed by atoms with Crippen LogP contribution < -0.4 is 0 Å². The zero-order valence-corrected chi connectivity index (χ0v) is 12.6. The van der Waals surface area contributed by atoms with Gasteiger partial charge in [-0.3, -0.25) is 0 Å². The van der Waals surface area contributed by atoms with E-state index in [0.29, 0.717) is 0 Å². The Morgan fingerprint density at radius 2 is 2.05 bits per heavy atom.